The summed E-state index contributed by atoms with van der Waals surface area (Å²) < 4.78 is 25.0. The van der Waals surface area contributed by atoms with Crippen LogP contribution in [0.2, 0.25) is 0 Å². The predicted octanol–water partition coefficient (Wildman–Crippen LogP) is 1.94. The third-order valence-corrected chi connectivity index (χ3v) is 6.71. The number of carbonyl (C=O) groups excluding carboxylic acids is 2. The van der Waals surface area contributed by atoms with Gasteiger partial charge in [-0.3, -0.25) is 9.59 Å². The molecule has 7 heteroatoms. The van der Waals surface area contributed by atoms with Gasteiger partial charge in [0.1, 0.15) is 17.5 Å². The molecule has 3 fully saturated rings. The van der Waals surface area contributed by atoms with Crippen LogP contribution in [0.1, 0.15) is 18.4 Å². The van der Waals surface area contributed by atoms with Gasteiger partial charge in [0, 0.05) is 19.6 Å². The van der Waals surface area contributed by atoms with Crippen molar-refractivity contribution < 1.29 is 23.5 Å². The number of piperidine rings is 1. The van der Waals surface area contributed by atoms with Gasteiger partial charge in [-0.05, 0) is 30.5 Å². The van der Waals surface area contributed by atoms with Gasteiger partial charge < -0.3 is 19.3 Å². The zero-order chi connectivity index (χ0) is 20.2. The van der Waals surface area contributed by atoms with Crippen molar-refractivity contribution >= 4 is 11.8 Å². The first-order valence-corrected chi connectivity index (χ1v) is 10.2. The Kier molecular flexibility index (Phi) is 4.38. The molecule has 6 nitrogen and oxygen atoms in total. The van der Waals surface area contributed by atoms with E-state index in [-0.39, 0.29) is 17.9 Å². The van der Waals surface area contributed by atoms with Crippen LogP contribution in [0.25, 0.3) is 0 Å². The highest BCUT2D eigenvalue weighted by Crippen LogP contribution is 2.52. The molecule has 2 bridgehead atoms. The van der Waals surface area contributed by atoms with E-state index in [0.717, 1.165) is 11.3 Å². The largest absolute Gasteiger partial charge is 0.497 e. The molecular weight excluding hydrogens is 375 g/mol. The van der Waals surface area contributed by atoms with E-state index < -0.39 is 23.6 Å². The fourth-order valence-electron chi connectivity index (χ4n) is 5.26. The maximum atomic E-state index is 13.5. The van der Waals surface area contributed by atoms with Gasteiger partial charge in [-0.1, -0.05) is 24.3 Å². The smallest absolute Gasteiger partial charge is 0.230 e. The molecule has 29 heavy (non-hydrogen) atoms. The number of alkyl halides is 1. The van der Waals surface area contributed by atoms with Crippen molar-refractivity contribution in [2.24, 2.45) is 11.8 Å². The van der Waals surface area contributed by atoms with Gasteiger partial charge >= 0.3 is 0 Å². The summed E-state index contributed by atoms with van der Waals surface area (Å²) in [7, 11) is 1.61. The molecule has 3 saturated heterocycles. The molecule has 4 aliphatic rings. The summed E-state index contributed by atoms with van der Waals surface area (Å²) in [6, 6.07) is 7.64. The SMILES string of the molecule is COc1cccc(CN2C[C@]34C=C[C@H](O3)C(C(=O)N3CCC(F)CC3)C4C2=O)c1. The topological polar surface area (TPSA) is 59.1 Å². The lowest BCUT2D eigenvalue weighted by atomic mass is 9.76. The number of ether oxygens (including phenoxy) is 2. The molecule has 0 saturated carbocycles. The van der Waals surface area contributed by atoms with Gasteiger partial charge in [-0.2, -0.15) is 0 Å². The van der Waals surface area contributed by atoms with E-state index in [4.69, 9.17) is 9.47 Å². The Morgan fingerprint density at radius 2 is 2.14 bits per heavy atom. The van der Waals surface area contributed by atoms with Gasteiger partial charge in [0.25, 0.3) is 0 Å². The monoisotopic (exact) mass is 400 g/mol. The maximum Gasteiger partial charge on any atom is 0.230 e. The molecule has 1 aromatic carbocycles. The number of benzene rings is 1. The van der Waals surface area contributed by atoms with Crippen LogP contribution in [0, 0.1) is 11.8 Å². The zero-order valence-electron chi connectivity index (χ0n) is 16.4. The second-order valence-corrected chi connectivity index (χ2v) is 8.45. The first-order valence-electron chi connectivity index (χ1n) is 10.2. The summed E-state index contributed by atoms with van der Waals surface area (Å²) in [6.45, 7) is 1.71. The number of hydrogen-bond acceptors (Lipinski definition) is 4. The Hall–Kier alpha value is -2.41. The van der Waals surface area contributed by atoms with E-state index in [2.05, 4.69) is 0 Å². The normalized spacial score (nSPS) is 33.4. The van der Waals surface area contributed by atoms with Gasteiger partial charge in [0.05, 0.1) is 31.6 Å². The van der Waals surface area contributed by atoms with Gasteiger partial charge in [-0.15, -0.1) is 0 Å². The van der Waals surface area contributed by atoms with Gasteiger partial charge in [0.2, 0.25) is 11.8 Å². The van der Waals surface area contributed by atoms with Crippen LogP contribution in [0.15, 0.2) is 36.4 Å². The van der Waals surface area contributed by atoms with Gasteiger partial charge in [0.15, 0.2) is 0 Å². The molecular formula is C22H25FN2O4. The van der Waals surface area contributed by atoms with Crippen molar-refractivity contribution in [2.75, 3.05) is 26.7 Å². The number of amides is 2. The Morgan fingerprint density at radius 1 is 1.34 bits per heavy atom. The first-order chi connectivity index (χ1) is 14.0. The van der Waals surface area contributed by atoms with Crippen LogP contribution in [0.5, 0.6) is 5.75 Å². The molecule has 0 radical (unpaired) electrons. The maximum absolute atomic E-state index is 13.5. The quantitative estimate of drug-likeness (QED) is 0.725. The molecule has 4 aliphatic heterocycles. The van der Waals surface area contributed by atoms with Crippen LogP contribution in [0.3, 0.4) is 0 Å². The van der Waals surface area contributed by atoms with Crippen molar-refractivity contribution in [1.29, 1.82) is 0 Å². The minimum Gasteiger partial charge on any atom is -0.497 e. The molecule has 154 valence electrons. The average molecular weight is 400 g/mol. The summed E-state index contributed by atoms with van der Waals surface area (Å²) >= 11 is 0. The van der Waals surface area contributed by atoms with Crippen molar-refractivity contribution in [2.45, 2.75) is 37.3 Å². The molecule has 2 unspecified atom stereocenters. The van der Waals surface area contributed by atoms with Crippen LogP contribution in [-0.4, -0.2) is 66.2 Å². The Labute approximate surface area is 169 Å². The van der Waals surface area contributed by atoms with E-state index in [1.165, 1.54) is 0 Å². The lowest BCUT2D eigenvalue weighted by molar-refractivity contribution is -0.144. The molecule has 1 spiro atoms. The van der Waals surface area contributed by atoms with E-state index in [9.17, 15) is 14.0 Å². The number of halogens is 1. The lowest BCUT2D eigenvalue weighted by Crippen LogP contribution is -2.48. The lowest BCUT2D eigenvalue weighted by Gasteiger charge is -2.33. The minimum absolute atomic E-state index is 0.0432. The fraction of sp³-hybridized carbons (Fsp3) is 0.545. The Bertz CT molecular complexity index is 866. The zero-order valence-corrected chi connectivity index (χ0v) is 16.4. The number of methoxy groups -OCH3 is 1. The van der Waals surface area contributed by atoms with E-state index in [1.54, 1.807) is 16.9 Å². The standard InChI is InChI=1S/C22H25FN2O4/c1-28-16-4-2-3-14(11-16)12-25-13-22-8-5-17(29-22)18(19(22)21(25)27)20(26)24-9-6-15(23)7-10-24/h2-5,8,11,15,17-19H,6-7,9-10,12-13H2,1H3/t17-,18?,19?,22-/m0/s1. The summed E-state index contributed by atoms with van der Waals surface area (Å²) in [5, 5.41) is 0. The number of hydrogen-bond donors (Lipinski definition) is 0. The highest BCUT2D eigenvalue weighted by molar-refractivity contribution is 5.93. The van der Waals surface area contributed by atoms with Crippen LogP contribution >= 0.6 is 0 Å². The number of likely N-dealkylation sites (tertiary alicyclic amines) is 2. The van der Waals surface area contributed by atoms with Crippen LogP contribution in [-0.2, 0) is 20.9 Å². The van der Waals surface area contributed by atoms with E-state index in [0.29, 0.717) is 39.0 Å². The van der Waals surface area contributed by atoms with Crippen LogP contribution < -0.4 is 4.74 Å². The second-order valence-electron chi connectivity index (χ2n) is 8.45. The Balaban J connectivity index is 1.36. The predicted molar refractivity (Wildman–Crippen MR) is 103 cm³/mol. The second kappa shape index (κ2) is 6.83. The molecule has 0 N–H and O–H groups in total. The summed E-state index contributed by atoms with van der Waals surface area (Å²) in [4.78, 5) is 30.1. The minimum atomic E-state index is -0.840. The molecule has 0 aliphatic carbocycles. The molecule has 2 amide bonds. The number of carbonyl (C=O) groups is 2. The molecule has 0 aromatic heterocycles. The highest BCUT2D eigenvalue weighted by Gasteiger charge is 2.67. The summed E-state index contributed by atoms with van der Waals surface area (Å²) in [6.07, 6.45) is 3.41. The highest BCUT2D eigenvalue weighted by atomic mass is 19.1. The third-order valence-electron chi connectivity index (χ3n) is 6.71. The third kappa shape index (κ3) is 2.94. The summed E-state index contributed by atoms with van der Waals surface area (Å²) in [5.74, 6) is -0.389. The van der Waals surface area contributed by atoms with E-state index >= 15 is 0 Å². The Morgan fingerprint density at radius 3 is 2.90 bits per heavy atom. The van der Waals surface area contributed by atoms with Gasteiger partial charge in [-0.25, -0.2) is 4.39 Å². The molecule has 1 aromatic rings. The molecule has 4 heterocycles. The first kappa shape index (κ1) is 18.6. The van der Waals surface area contributed by atoms with Crippen molar-refractivity contribution in [3.05, 3.63) is 42.0 Å². The van der Waals surface area contributed by atoms with E-state index in [1.807, 2.05) is 36.4 Å². The molecule has 5 rings (SSSR count). The van der Waals surface area contributed by atoms with Crippen molar-refractivity contribution in [3.8, 4) is 5.75 Å². The number of nitrogens with zero attached hydrogens (tertiary/aromatic N) is 2. The number of rotatable bonds is 4. The average Bonchev–Trinajstić information content (AvgIpc) is 3.36. The van der Waals surface area contributed by atoms with Crippen LogP contribution in [0.4, 0.5) is 4.39 Å². The number of fused-ring (bicyclic) bond motifs is 1. The summed E-state index contributed by atoms with van der Waals surface area (Å²) in [5.41, 5.74) is 0.250. The fourth-order valence-corrected chi connectivity index (χ4v) is 5.26. The van der Waals surface area contributed by atoms with Crippen molar-refractivity contribution in [1.82, 2.24) is 9.80 Å². The molecule has 4 atom stereocenters. The van der Waals surface area contributed by atoms with Crippen molar-refractivity contribution in [3.63, 3.8) is 0 Å².